The minimum absolute atomic E-state index is 0.0131. The first-order valence-electron chi connectivity index (χ1n) is 26.7. The molecule has 2 aromatic rings. The number of benzene rings is 2. The van der Waals surface area contributed by atoms with Crippen molar-refractivity contribution in [3.05, 3.63) is 65.7 Å². The molecule has 1 aliphatic carbocycles. The number of nitrogens with zero attached hydrogens (tertiary/aromatic N) is 2. The Morgan fingerprint density at radius 1 is 0.772 bits per heavy atom. The maximum absolute atomic E-state index is 15.0. The van der Waals surface area contributed by atoms with Gasteiger partial charge >= 0.3 is 0 Å². The third kappa shape index (κ3) is 20.0. The molecule has 0 aromatic heterocycles. The summed E-state index contributed by atoms with van der Waals surface area (Å²) < 4.78 is 4.92. The number of aliphatic imine (C=N–C) groups is 1. The van der Waals surface area contributed by atoms with E-state index in [0.717, 1.165) is 19.3 Å². The number of carbonyl (C=O) groups excluding carboxylic acids is 10. The molecule has 10 amide bonds. The summed E-state index contributed by atoms with van der Waals surface area (Å²) in [6.45, 7) is 5.28. The molecule has 1 spiro atoms. The van der Waals surface area contributed by atoms with Crippen molar-refractivity contribution < 1.29 is 52.7 Å². The Hall–Kier alpha value is -7.09. The number of carbonyl (C=O) groups is 10. The second-order valence-electron chi connectivity index (χ2n) is 20.3. The lowest BCUT2D eigenvalue weighted by Crippen LogP contribution is -2.61. The largest absolute Gasteiger partial charge is 0.494 e. The van der Waals surface area contributed by atoms with Crippen molar-refractivity contribution in [2.75, 3.05) is 32.0 Å². The predicted octanol–water partition coefficient (Wildman–Crippen LogP) is -0.555. The van der Waals surface area contributed by atoms with Gasteiger partial charge < -0.3 is 69.8 Å². The van der Waals surface area contributed by atoms with Crippen LogP contribution in [-0.4, -0.2) is 149 Å². The highest BCUT2D eigenvalue weighted by Gasteiger charge is 2.42. The van der Waals surface area contributed by atoms with E-state index >= 15 is 0 Å². The van der Waals surface area contributed by atoms with Gasteiger partial charge in [-0.25, -0.2) is 0 Å². The summed E-state index contributed by atoms with van der Waals surface area (Å²) >= 11 is 0. The average molecular weight is 1140 g/mol. The lowest BCUT2D eigenvalue weighted by molar-refractivity contribution is -0.142. The summed E-state index contributed by atoms with van der Waals surface area (Å²) in [5.74, 6) is -7.88. The van der Waals surface area contributed by atoms with Crippen LogP contribution >= 0.6 is 21.6 Å². The molecule has 2 heterocycles. The number of nitrogens with one attached hydrogen (secondary N) is 7. The summed E-state index contributed by atoms with van der Waals surface area (Å²) in [5.41, 5.74) is 23.2. The van der Waals surface area contributed by atoms with Crippen LogP contribution in [0.1, 0.15) is 103 Å². The second-order valence-corrected chi connectivity index (χ2v) is 23.2. The number of guanidine groups is 1. The average Bonchev–Trinajstić information content (AvgIpc) is 3.91. The standard InChI is InChI=1S/C53H77N13O11S2/c1-4-77-34-19-17-33(18-20-34)26-36-46(71)62-37(25-32-13-7-5-8-14-32)48(73)65-44(31(2)3)50(75)63-38(27-41(54)67)47(72)64-39(30-78-79-53(28-43(69)60-36)21-9-6-10-22-53)51(76)66-24-12-16-40(66)49(74)61-35(15-11-23-58-52(56)57)45(70)59-29-42(55)68/h5,7-8,13-14,17-20,31,35-40,44H,4,6,9-12,15-16,21-30H2,1-3H3,(H2,54,67)(H2,55,68)(H,59,70)(H,60,69)(H,61,74)(H,62,71)(H,63,75)(H,64,72)(H,65,73)(H4,56,57,58)/t35-,36+,37-,38-,39-,40+,44+/m1/s1. The Labute approximate surface area is 468 Å². The van der Waals surface area contributed by atoms with Gasteiger partial charge in [0, 0.05) is 42.9 Å². The summed E-state index contributed by atoms with van der Waals surface area (Å²) in [7, 11) is 2.59. The topological polar surface area (TPSA) is 384 Å². The normalized spacial score (nSPS) is 22.9. The molecule has 5 rings (SSSR count). The van der Waals surface area contributed by atoms with Gasteiger partial charge in [-0.05, 0) is 74.6 Å². The van der Waals surface area contributed by atoms with Crippen molar-refractivity contribution in [2.24, 2.45) is 33.8 Å². The van der Waals surface area contributed by atoms with E-state index in [4.69, 9.17) is 27.7 Å². The van der Waals surface area contributed by atoms with Crippen molar-refractivity contribution in [1.82, 2.24) is 42.1 Å². The van der Waals surface area contributed by atoms with E-state index in [1.807, 2.05) is 6.92 Å². The molecule has 15 N–H and O–H groups in total. The van der Waals surface area contributed by atoms with Crippen molar-refractivity contribution >= 4 is 86.6 Å². The molecule has 24 nitrogen and oxygen atoms in total. The van der Waals surface area contributed by atoms with Gasteiger partial charge in [-0.2, -0.15) is 0 Å². The highest BCUT2D eigenvalue weighted by atomic mass is 33.1. The van der Waals surface area contributed by atoms with Gasteiger partial charge in [-0.3, -0.25) is 52.9 Å². The molecule has 79 heavy (non-hydrogen) atoms. The molecule has 2 saturated heterocycles. The number of hydrogen-bond donors (Lipinski definition) is 11. The molecule has 3 aliphatic rings. The Morgan fingerprint density at radius 2 is 1.41 bits per heavy atom. The summed E-state index contributed by atoms with van der Waals surface area (Å²) in [5, 5.41) is 19.0. The number of ether oxygens (including phenoxy) is 1. The number of amides is 10. The van der Waals surface area contributed by atoms with E-state index in [1.165, 1.54) is 26.5 Å². The monoisotopic (exact) mass is 1140 g/mol. The molecule has 0 unspecified atom stereocenters. The van der Waals surface area contributed by atoms with Crippen molar-refractivity contribution in [1.29, 1.82) is 0 Å². The number of likely N-dealkylation sites (tertiary alicyclic amines) is 1. The van der Waals surface area contributed by atoms with Gasteiger partial charge in [-0.1, -0.05) is 97.2 Å². The van der Waals surface area contributed by atoms with E-state index in [-0.39, 0.29) is 63.3 Å². The van der Waals surface area contributed by atoms with E-state index in [2.05, 4.69) is 42.2 Å². The third-order valence-corrected chi connectivity index (χ3v) is 17.0. The minimum atomic E-state index is -1.66. The summed E-state index contributed by atoms with van der Waals surface area (Å²) in [4.78, 5) is 144. The zero-order valence-electron chi connectivity index (χ0n) is 45.1. The van der Waals surface area contributed by atoms with Crippen molar-refractivity contribution in [3.63, 3.8) is 0 Å². The SMILES string of the molecule is CCOc1ccc(C[C@@H]2NC(=O)CC3(CCCCC3)SSC[C@H](C(=O)N3CCC[C@H]3C(=O)N[C@H](CCCN=C(N)N)C(=O)NCC(N)=O)NC(=O)[C@@H](CC(N)=O)NC(=O)[C@H](C(C)C)NC(=O)[C@@H](Cc3ccccc3)NC2=O)cc1. The molecular formula is C53H77N13O11S2. The quantitative estimate of drug-likeness (QED) is 0.0364. The zero-order chi connectivity index (χ0) is 57.6. The number of primary amides is 2. The molecule has 7 atom stereocenters. The Kier molecular flexibility index (Phi) is 24.5. The van der Waals surface area contributed by atoms with E-state index < -0.39 is 125 Å². The van der Waals surface area contributed by atoms with Gasteiger partial charge in [0.15, 0.2) is 5.96 Å². The molecule has 2 aliphatic heterocycles. The van der Waals surface area contributed by atoms with Gasteiger partial charge in [-0.15, -0.1) is 0 Å². The molecule has 1 saturated carbocycles. The van der Waals surface area contributed by atoms with Gasteiger partial charge in [0.05, 0.1) is 19.6 Å². The Balaban J connectivity index is 1.52. The Bertz CT molecular complexity index is 2490. The van der Waals surface area contributed by atoms with E-state index in [1.54, 1.807) is 68.4 Å². The van der Waals surface area contributed by atoms with Crippen molar-refractivity contribution in [2.45, 2.75) is 151 Å². The lowest BCUT2D eigenvalue weighted by Gasteiger charge is -2.37. The fourth-order valence-electron chi connectivity index (χ4n) is 9.66. The molecule has 3 fully saturated rings. The highest BCUT2D eigenvalue weighted by molar-refractivity contribution is 8.77. The highest BCUT2D eigenvalue weighted by Crippen LogP contribution is 2.48. The van der Waals surface area contributed by atoms with Crippen LogP contribution < -0.4 is 64.9 Å². The van der Waals surface area contributed by atoms with Crippen LogP contribution in [0.4, 0.5) is 0 Å². The first kappa shape index (κ1) is 62.7. The minimum Gasteiger partial charge on any atom is -0.494 e. The van der Waals surface area contributed by atoms with Crippen LogP contribution in [0.15, 0.2) is 59.6 Å². The molecule has 0 bridgehead atoms. The van der Waals surface area contributed by atoms with Gasteiger partial charge in [0.2, 0.25) is 59.1 Å². The summed E-state index contributed by atoms with van der Waals surface area (Å²) in [6.07, 6.45) is 3.75. The van der Waals surface area contributed by atoms with Crippen LogP contribution in [0.3, 0.4) is 0 Å². The van der Waals surface area contributed by atoms with Gasteiger partial charge in [0.25, 0.3) is 0 Å². The first-order chi connectivity index (χ1) is 37.7. The van der Waals surface area contributed by atoms with Crippen LogP contribution in [0.5, 0.6) is 5.75 Å². The summed E-state index contributed by atoms with van der Waals surface area (Å²) in [6, 6.07) is 6.83. The van der Waals surface area contributed by atoms with Crippen molar-refractivity contribution in [3.8, 4) is 5.75 Å². The van der Waals surface area contributed by atoms with Gasteiger partial charge in [0.1, 0.15) is 48.0 Å². The Morgan fingerprint density at radius 3 is 2.04 bits per heavy atom. The zero-order valence-corrected chi connectivity index (χ0v) is 46.7. The molecule has 0 radical (unpaired) electrons. The van der Waals surface area contributed by atoms with E-state index in [0.29, 0.717) is 42.7 Å². The number of rotatable bonds is 19. The fraction of sp³-hybridized carbons (Fsp3) is 0.566. The maximum atomic E-state index is 15.0. The predicted molar refractivity (Wildman–Crippen MR) is 299 cm³/mol. The molecule has 2 aromatic carbocycles. The first-order valence-corrected chi connectivity index (χ1v) is 29.1. The molecule has 432 valence electrons. The van der Waals surface area contributed by atoms with E-state index in [9.17, 15) is 47.9 Å². The number of hydrogen-bond acceptors (Lipinski definition) is 14. The van der Waals surface area contributed by atoms with Crippen LogP contribution in [0.25, 0.3) is 0 Å². The van der Waals surface area contributed by atoms with Crippen LogP contribution in [-0.2, 0) is 60.8 Å². The molecule has 26 heteroatoms. The fourth-order valence-corrected chi connectivity index (χ4v) is 13.0. The smallest absolute Gasteiger partial charge is 0.246 e. The maximum Gasteiger partial charge on any atom is 0.246 e. The lowest BCUT2D eigenvalue weighted by atomic mass is 9.85. The second kappa shape index (κ2) is 30.9. The third-order valence-electron chi connectivity index (χ3n) is 13.7. The molecular weight excluding hydrogens is 1060 g/mol. The van der Waals surface area contributed by atoms with Crippen LogP contribution in [0.2, 0.25) is 0 Å². The number of nitrogens with two attached hydrogens (primary N) is 4. The van der Waals surface area contributed by atoms with Crippen LogP contribution in [0, 0.1) is 5.92 Å².